The largest absolute Gasteiger partial charge is 0.504 e. The SMILES string of the molecule is CCOc1cc([C@@H]2c3sc(=O)[nH]c3S[C@@H]3[C@H]4C[C@@H]([C@@H]5C(=O)N(c6ccc(F)cc6)C(=O)[C@@H]45)[C@H]23)ccc1O. The second kappa shape index (κ2) is 8.19. The Labute approximate surface area is 219 Å². The van der Waals surface area contributed by atoms with E-state index in [1.54, 1.807) is 17.8 Å². The minimum absolute atomic E-state index is 0.00516. The van der Waals surface area contributed by atoms with Crippen LogP contribution in [-0.2, 0) is 9.59 Å². The number of hydrogen-bond donors (Lipinski definition) is 2. The van der Waals surface area contributed by atoms with E-state index in [0.29, 0.717) is 18.0 Å². The first-order valence-corrected chi connectivity index (χ1v) is 14.1. The highest BCUT2D eigenvalue weighted by atomic mass is 32.2. The van der Waals surface area contributed by atoms with Crippen molar-refractivity contribution in [2.45, 2.75) is 29.5 Å². The van der Waals surface area contributed by atoms with Crippen molar-refractivity contribution in [1.82, 2.24) is 4.98 Å². The number of anilines is 1. The van der Waals surface area contributed by atoms with Crippen LogP contribution in [0, 0.1) is 35.4 Å². The number of ether oxygens (including phenoxy) is 1. The predicted molar refractivity (Wildman–Crippen MR) is 137 cm³/mol. The quantitative estimate of drug-likeness (QED) is 0.479. The predicted octanol–water partition coefficient (Wildman–Crippen LogP) is 4.36. The molecule has 37 heavy (non-hydrogen) atoms. The number of phenols is 1. The van der Waals surface area contributed by atoms with E-state index in [1.807, 2.05) is 19.1 Å². The number of carbonyl (C=O) groups excluding carboxylic acids is 2. The third kappa shape index (κ3) is 3.21. The van der Waals surface area contributed by atoms with Gasteiger partial charge in [0.1, 0.15) is 5.82 Å². The van der Waals surface area contributed by atoms with Crippen LogP contribution in [0.4, 0.5) is 10.1 Å². The second-order valence-electron chi connectivity index (χ2n) is 10.1. The lowest BCUT2D eigenvalue weighted by atomic mass is 9.68. The van der Waals surface area contributed by atoms with E-state index in [0.717, 1.165) is 21.9 Å². The Balaban J connectivity index is 1.32. The van der Waals surface area contributed by atoms with Crippen LogP contribution in [0.5, 0.6) is 11.5 Å². The number of carbonyl (C=O) groups is 2. The number of aromatic nitrogens is 1. The molecule has 2 bridgehead atoms. The van der Waals surface area contributed by atoms with Crippen molar-refractivity contribution in [2.24, 2.45) is 29.6 Å². The zero-order valence-corrected chi connectivity index (χ0v) is 21.4. The summed E-state index contributed by atoms with van der Waals surface area (Å²) in [6, 6.07) is 10.8. The number of H-pyrrole nitrogens is 1. The van der Waals surface area contributed by atoms with Crippen LogP contribution in [0.1, 0.15) is 29.7 Å². The molecule has 7 rings (SSSR count). The fourth-order valence-electron chi connectivity index (χ4n) is 7.23. The van der Waals surface area contributed by atoms with Crippen LogP contribution in [0.25, 0.3) is 0 Å². The van der Waals surface area contributed by atoms with Gasteiger partial charge >= 0.3 is 4.87 Å². The summed E-state index contributed by atoms with van der Waals surface area (Å²) in [4.78, 5) is 44.8. The number of nitrogens with zero attached hydrogens (tertiary/aromatic N) is 1. The van der Waals surface area contributed by atoms with E-state index in [1.165, 1.54) is 40.5 Å². The molecular weight excluding hydrogens is 515 g/mol. The molecule has 4 aliphatic rings. The summed E-state index contributed by atoms with van der Waals surface area (Å²) >= 11 is 2.81. The number of thiazole rings is 1. The molecule has 2 aliphatic heterocycles. The number of benzene rings is 2. The van der Waals surface area contributed by atoms with Crippen LogP contribution in [-0.4, -0.2) is 33.8 Å². The topological polar surface area (TPSA) is 99.7 Å². The molecule has 1 aromatic heterocycles. The molecule has 3 aromatic rings. The van der Waals surface area contributed by atoms with Gasteiger partial charge in [-0.15, -0.1) is 11.8 Å². The first kappa shape index (κ1) is 23.0. The molecule has 3 heterocycles. The molecule has 0 spiro atoms. The lowest BCUT2D eigenvalue weighted by molar-refractivity contribution is -0.123. The standard InChI is InChI=1S/C27H23FN2O5S2/c1-2-35-17-9-11(3-8-16(17)31)18-19-14-10-15(22(19)36-24-23(18)37-27(34)29-24)21-20(14)25(32)30(26(21)33)13-6-4-12(28)5-7-13/h3-9,14-15,18-22,31H,2,10H2,1H3,(H,29,34)/t14-,15+,18+,19-,20+,21+,22-/m1/s1. The van der Waals surface area contributed by atoms with Gasteiger partial charge in [0, 0.05) is 16.0 Å². The highest BCUT2D eigenvalue weighted by Crippen LogP contribution is 2.68. The molecule has 0 radical (unpaired) electrons. The lowest BCUT2D eigenvalue weighted by Gasteiger charge is -2.43. The molecule has 2 amide bonds. The number of phenolic OH excluding ortho intramolecular Hbond substituents is 1. The normalized spacial score (nSPS) is 31.4. The summed E-state index contributed by atoms with van der Waals surface area (Å²) < 4.78 is 19.2. The van der Waals surface area contributed by atoms with Crippen LogP contribution in [0.3, 0.4) is 0 Å². The Morgan fingerprint density at radius 3 is 2.54 bits per heavy atom. The fourth-order valence-corrected chi connectivity index (χ4v) is 10.1. The highest BCUT2D eigenvalue weighted by molar-refractivity contribution is 8.00. The number of amides is 2. The molecule has 2 aliphatic carbocycles. The number of aromatic hydroxyl groups is 1. The third-order valence-electron chi connectivity index (χ3n) is 8.45. The maximum atomic E-state index is 13.7. The van der Waals surface area contributed by atoms with Gasteiger partial charge in [0.25, 0.3) is 0 Å². The van der Waals surface area contributed by atoms with Crippen LogP contribution in [0.2, 0.25) is 0 Å². The summed E-state index contributed by atoms with van der Waals surface area (Å²) in [7, 11) is 0. The van der Waals surface area contributed by atoms with Gasteiger partial charge in [0.05, 0.1) is 29.2 Å². The summed E-state index contributed by atoms with van der Waals surface area (Å²) in [6.45, 7) is 2.25. The van der Waals surface area contributed by atoms with E-state index in [2.05, 4.69) is 4.98 Å². The molecule has 1 saturated heterocycles. The Kier molecular flexibility index (Phi) is 5.10. The second-order valence-corrected chi connectivity index (χ2v) is 12.3. The molecule has 3 fully saturated rings. The molecule has 2 N–H and O–H groups in total. The van der Waals surface area contributed by atoms with Gasteiger partial charge in [-0.3, -0.25) is 19.3 Å². The third-order valence-corrected chi connectivity index (χ3v) is 11.0. The molecule has 190 valence electrons. The minimum atomic E-state index is -0.437. The van der Waals surface area contributed by atoms with Crippen molar-refractivity contribution in [3.05, 3.63) is 68.4 Å². The Morgan fingerprint density at radius 1 is 1.08 bits per heavy atom. The number of nitrogens with one attached hydrogen (secondary N) is 1. The average Bonchev–Trinajstić information content (AvgIpc) is 3.60. The van der Waals surface area contributed by atoms with Crippen LogP contribution < -0.4 is 14.5 Å². The number of imide groups is 1. The van der Waals surface area contributed by atoms with E-state index in [4.69, 9.17) is 4.74 Å². The molecular formula is C27H23FN2O5S2. The summed E-state index contributed by atoms with van der Waals surface area (Å²) in [5, 5.41) is 11.2. The lowest BCUT2D eigenvalue weighted by Crippen LogP contribution is -2.42. The molecule has 7 atom stereocenters. The summed E-state index contributed by atoms with van der Waals surface area (Å²) in [5.74, 6) is -1.43. The number of thioether (sulfide) groups is 1. The van der Waals surface area contributed by atoms with Gasteiger partial charge in [0.2, 0.25) is 11.8 Å². The number of hydrogen-bond acceptors (Lipinski definition) is 7. The van der Waals surface area contributed by atoms with Gasteiger partial charge in [-0.05, 0) is 73.1 Å². The highest BCUT2D eigenvalue weighted by Gasteiger charge is 2.69. The van der Waals surface area contributed by atoms with Gasteiger partial charge in [0.15, 0.2) is 11.5 Å². The smallest absolute Gasteiger partial charge is 0.305 e. The molecule has 2 saturated carbocycles. The maximum Gasteiger partial charge on any atom is 0.305 e. The van der Waals surface area contributed by atoms with Crippen molar-refractivity contribution in [3.8, 4) is 11.5 Å². The zero-order valence-electron chi connectivity index (χ0n) is 19.7. The maximum absolute atomic E-state index is 13.7. The van der Waals surface area contributed by atoms with Gasteiger partial charge < -0.3 is 14.8 Å². The zero-order chi connectivity index (χ0) is 25.6. The van der Waals surface area contributed by atoms with Crippen molar-refractivity contribution in [3.63, 3.8) is 0 Å². The van der Waals surface area contributed by atoms with E-state index in [-0.39, 0.29) is 51.4 Å². The summed E-state index contributed by atoms with van der Waals surface area (Å²) in [6.07, 6.45) is 0.776. The first-order chi connectivity index (χ1) is 17.9. The monoisotopic (exact) mass is 538 g/mol. The van der Waals surface area contributed by atoms with Crippen molar-refractivity contribution < 1.29 is 23.8 Å². The molecule has 10 heteroatoms. The van der Waals surface area contributed by atoms with E-state index < -0.39 is 17.7 Å². The average molecular weight is 539 g/mol. The van der Waals surface area contributed by atoms with Gasteiger partial charge in [-0.1, -0.05) is 17.4 Å². The van der Waals surface area contributed by atoms with Gasteiger partial charge in [-0.2, -0.15) is 0 Å². The number of fused-ring (bicyclic) bond motifs is 9. The minimum Gasteiger partial charge on any atom is -0.504 e. The van der Waals surface area contributed by atoms with Crippen LogP contribution in [0.15, 0.2) is 52.3 Å². The number of halogens is 1. The van der Waals surface area contributed by atoms with Crippen molar-refractivity contribution in [1.29, 1.82) is 0 Å². The first-order valence-electron chi connectivity index (χ1n) is 12.4. The Bertz CT molecular complexity index is 1500. The molecule has 0 unspecified atom stereocenters. The number of aromatic amines is 1. The van der Waals surface area contributed by atoms with E-state index in [9.17, 15) is 23.9 Å². The van der Waals surface area contributed by atoms with E-state index >= 15 is 0 Å². The number of rotatable bonds is 4. The van der Waals surface area contributed by atoms with Gasteiger partial charge in [-0.25, -0.2) is 4.39 Å². The van der Waals surface area contributed by atoms with Crippen molar-refractivity contribution >= 4 is 40.6 Å². The molecule has 2 aromatic carbocycles. The molecule has 7 nitrogen and oxygen atoms in total. The van der Waals surface area contributed by atoms with Crippen molar-refractivity contribution in [2.75, 3.05) is 11.5 Å². The van der Waals surface area contributed by atoms with Crippen LogP contribution >= 0.6 is 23.1 Å². The summed E-state index contributed by atoms with van der Waals surface area (Å²) in [5.41, 5.74) is 1.32. The Hall–Kier alpha value is -3.11. The Morgan fingerprint density at radius 2 is 1.81 bits per heavy atom. The fraction of sp³-hybridized carbons (Fsp3) is 0.370.